The van der Waals surface area contributed by atoms with Crippen LogP contribution >= 0.6 is 0 Å². The molecule has 0 atom stereocenters. The lowest BCUT2D eigenvalue weighted by Gasteiger charge is -2.37. The van der Waals surface area contributed by atoms with Gasteiger partial charge in [-0.15, -0.1) is 5.70 Å². The van der Waals surface area contributed by atoms with Crippen LogP contribution in [0.3, 0.4) is 0 Å². The van der Waals surface area contributed by atoms with Gasteiger partial charge in [-0.3, -0.25) is 0 Å². The van der Waals surface area contributed by atoms with Crippen molar-refractivity contribution in [3.8, 4) is 11.1 Å². The highest BCUT2D eigenvalue weighted by atomic mass is 28.3. The first-order valence-corrected chi connectivity index (χ1v) is 13.6. The van der Waals surface area contributed by atoms with E-state index in [9.17, 15) is 8.78 Å². The Bertz CT molecular complexity index is 826. The predicted molar refractivity (Wildman–Crippen MR) is 121 cm³/mol. The maximum Gasteiger partial charge on any atom is 0.159 e. The molecule has 0 bridgehead atoms. The van der Waals surface area contributed by atoms with Crippen LogP contribution in [0, 0.1) is 23.5 Å². The standard InChI is InChI=1S/C26H32F2Si/c1-2-15-29-16-13-23(14-17-29)21-5-3-19(4-6-21)20-7-9-22(10-8-20)24-11-12-25(27)26(28)18-24/h2,7-12,15,18-19,21,23,29H,3-6,13-14,16-17H2,1H3/b15-2+. The van der Waals surface area contributed by atoms with E-state index in [1.54, 1.807) is 6.07 Å². The van der Waals surface area contributed by atoms with Gasteiger partial charge in [0.05, 0.1) is 8.80 Å². The second-order valence-corrected chi connectivity index (χ2v) is 12.1. The predicted octanol–water partition coefficient (Wildman–Crippen LogP) is 7.66. The average Bonchev–Trinajstić information content (AvgIpc) is 2.77. The molecule has 2 aromatic rings. The van der Waals surface area contributed by atoms with Crippen molar-refractivity contribution < 1.29 is 8.78 Å². The molecule has 1 saturated heterocycles. The average molecular weight is 411 g/mol. The van der Waals surface area contributed by atoms with Crippen LogP contribution in [0.1, 0.15) is 56.9 Å². The summed E-state index contributed by atoms with van der Waals surface area (Å²) in [5.74, 6) is 0.986. The highest BCUT2D eigenvalue weighted by Crippen LogP contribution is 2.43. The van der Waals surface area contributed by atoms with Crippen molar-refractivity contribution in [3.63, 3.8) is 0 Å². The Labute approximate surface area is 175 Å². The third kappa shape index (κ3) is 4.88. The van der Waals surface area contributed by atoms with E-state index in [4.69, 9.17) is 0 Å². The molecule has 0 amide bonds. The SMILES string of the molecule is C/C=C/[SiH]1CCC(C2CCC(c3ccc(-c4ccc(F)c(F)c4)cc3)CC2)CC1. The van der Waals surface area contributed by atoms with Gasteiger partial charge in [-0.05, 0) is 79.2 Å². The Kier molecular flexibility index (Phi) is 6.64. The van der Waals surface area contributed by atoms with Crippen LogP contribution < -0.4 is 0 Å². The molecule has 2 fully saturated rings. The van der Waals surface area contributed by atoms with Crippen molar-refractivity contribution in [3.05, 3.63) is 71.4 Å². The molecule has 0 aromatic heterocycles. The third-order valence-corrected chi connectivity index (χ3v) is 10.4. The van der Waals surface area contributed by atoms with Gasteiger partial charge in [0.25, 0.3) is 0 Å². The minimum absolute atomic E-state index is 0.542. The lowest BCUT2D eigenvalue weighted by atomic mass is 9.72. The lowest BCUT2D eigenvalue weighted by Crippen LogP contribution is -2.27. The van der Waals surface area contributed by atoms with Crippen molar-refractivity contribution in [2.24, 2.45) is 11.8 Å². The maximum absolute atomic E-state index is 13.5. The number of halogens is 2. The molecule has 29 heavy (non-hydrogen) atoms. The quantitative estimate of drug-likeness (QED) is 0.454. The Morgan fingerprint density at radius 2 is 1.38 bits per heavy atom. The first kappa shape index (κ1) is 20.5. The zero-order chi connectivity index (χ0) is 20.2. The highest BCUT2D eigenvalue weighted by Gasteiger charge is 2.31. The molecule has 2 aromatic carbocycles. The van der Waals surface area contributed by atoms with Crippen LogP contribution in [0.5, 0.6) is 0 Å². The van der Waals surface area contributed by atoms with Gasteiger partial charge < -0.3 is 0 Å². The highest BCUT2D eigenvalue weighted by molar-refractivity contribution is 6.64. The lowest BCUT2D eigenvalue weighted by molar-refractivity contribution is 0.216. The largest absolute Gasteiger partial charge is 0.204 e. The first-order chi connectivity index (χ1) is 14.1. The summed E-state index contributed by atoms with van der Waals surface area (Å²) in [5.41, 5.74) is 5.62. The summed E-state index contributed by atoms with van der Waals surface area (Å²) in [6.45, 7) is 2.17. The Morgan fingerprint density at radius 1 is 0.759 bits per heavy atom. The van der Waals surface area contributed by atoms with E-state index in [1.165, 1.54) is 68.3 Å². The summed E-state index contributed by atoms with van der Waals surface area (Å²) in [6, 6.07) is 15.7. The molecule has 1 saturated carbocycles. The van der Waals surface area contributed by atoms with Gasteiger partial charge in [-0.25, -0.2) is 8.78 Å². The maximum atomic E-state index is 13.5. The van der Waals surface area contributed by atoms with Gasteiger partial charge in [0.1, 0.15) is 0 Å². The van der Waals surface area contributed by atoms with Gasteiger partial charge in [-0.2, -0.15) is 0 Å². The van der Waals surface area contributed by atoms with E-state index in [0.29, 0.717) is 5.92 Å². The monoisotopic (exact) mass is 410 g/mol. The molecular formula is C26H32F2Si. The molecule has 0 unspecified atom stereocenters. The van der Waals surface area contributed by atoms with Crippen LogP contribution in [0.15, 0.2) is 54.2 Å². The minimum Gasteiger partial charge on any atom is -0.204 e. The second kappa shape index (κ2) is 9.38. The van der Waals surface area contributed by atoms with Crippen molar-refractivity contribution in [1.29, 1.82) is 0 Å². The van der Waals surface area contributed by atoms with Gasteiger partial charge in [0.2, 0.25) is 0 Å². The van der Waals surface area contributed by atoms with Crippen LogP contribution in [-0.4, -0.2) is 8.80 Å². The smallest absolute Gasteiger partial charge is 0.159 e. The molecule has 3 heteroatoms. The number of hydrogen-bond donors (Lipinski definition) is 0. The van der Waals surface area contributed by atoms with Crippen molar-refractivity contribution in [2.45, 2.75) is 63.5 Å². The van der Waals surface area contributed by atoms with Crippen molar-refractivity contribution >= 4 is 8.80 Å². The number of allylic oxidation sites excluding steroid dienone is 1. The normalized spacial score (nSPS) is 28.0. The summed E-state index contributed by atoms with van der Waals surface area (Å²) in [4.78, 5) is 0. The zero-order valence-corrected chi connectivity index (χ0v) is 18.6. The molecule has 154 valence electrons. The summed E-state index contributed by atoms with van der Waals surface area (Å²) in [7, 11) is -0.542. The fourth-order valence-electron chi connectivity index (χ4n) is 5.63. The molecule has 0 radical (unpaired) electrons. The number of benzene rings is 2. The molecule has 0 N–H and O–H groups in total. The summed E-state index contributed by atoms with van der Waals surface area (Å²) < 4.78 is 26.7. The first-order valence-electron chi connectivity index (χ1n) is 11.3. The van der Waals surface area contributed by atoms with Crippen molar-refractivity contribution in [1.82, 2.24) is 0 Å². The fourth-order valence-corrected chi connectivity index (χ4v) is 8.56. The Morgan fingerprint density at radius 3 is 2.00 bits per heavy atom. The van der Waals surface area contributed by atoms with Gasteiger partial charge in [0, 0.05) is 0 Å². The summed E-state index contributed by atoms with van der Waals surface area (Å²) in [6.07, 6.45) is 10.5. The van der Waals surface area contributed by atoms with Crippen LogP contribution in [0.2, 0.25) is 12.1 Å². The molecule has 0 nitrogen and oxygen atoms in total. The molecule has 2 aliphatic rings. The Hall–Kier alpha value is -1.74. The minimum atomic E-state index is -0.792. The summed E-state index contributed by atoms with van der Waals surface area (Å²) in [5, 5.41) is 0. The van der Waals surface area contributed by atoms with Crippen LogP contribution in [0.25, 0.3) is 11.1 Å². The molecule has 4 rings (SSSR count). The molecular weight excluding hydrogens is 378 g/mol. The van der Waals surface area contributed by atoms with Crippen LogP contribution in [0.4, 0.5) is 8.78 Å². The topological polar surface area (TPSA) is 0 Å². The van der Waals surface area contributed by atoms with E-state index in [2.05, 4.69) is 43.0 Å². The zero-order valence-electron chi connectivity index (χ0n) is 17.4. The third-order valence-electron chi connectivity index (χ3n) is 7.35. The molecule has 1 heterocycles. The van der Waals surface area contributed by atoms with E-state index >= 15 is 0 Å². The molecule has 1 aliphatic heterocycles. The Balaban J connectivity index is 1.32. The molecule has 1 aliphatic carbocycles. The van der Waals surface area contributed by atoms with Gasteiger partial charge in [0.15, 0.2) is 11.6 Å². The van der Waals surface area contributed by atoms with Gasteiger partial charge in [-0.1, -0.05) is 61.3 Å². The van der Waals surface area contributed by atoms with Crippen molar-refractivity contribution in [2.75, 3.05) is 0 Å². The van der Waals surface area contributed by atoms with Crippen LogP contribution in [-0.2, 0) is 0 Å². The molecule has 0 spiro atoms. The van der Waals surface area contributed by atoms with Gasteiger partial charge >= 0.3 is 0 Å². The second-order valence-electron chi connectivity index (χ2n) is 9.06. The van der Waals surface area contributed by atoms with E-state index in [1.807, 2.05) is 0 Å². The number of hydrogen-bond acceptors (Lipinski definition) is 0. The van der Waals surface area contributed by atoms with E-state index < -0.39 is 20.4 Å². The van der Waals surface area contributed by atoms with E-state index in [-0.39, 0.29) is 0 Å². The number of rotatable bonds is 4. The fraction of sp³-hybridized carbons (Fsp3) is 0.462. The summed E-state index contributed by atoms with van der Waals surface area (Å²) >= 11 is 0. The van der Waals surface area contributed by atoms with E-state index in [0.717, 1.165) is 23.0 Å².